The Morgan fingerprint density at radius 1 is 1.17 bits per heavy atom. The number of para-hydroxylation sites is 1. The maximum atomic E-state index is 12.8. The summed E-state index contributed by atoms with van der Waals surface area (Å²) in [6, 6.07) is 13.4. The van der Waals surface area contributed by atoms with Gasteiger partial charge in [0.05, 0.1) is 6.42 Å². The zero-order valence-electron chi connectivity index (χ0n) is 13.4. The van der Waals surface area contributed by atoms with Gasteiger partial charge in [0.1, 0.15) is 5.82 Å². The van der Waals surface area contributed by atoms with Crippen LogP contribution in [0.1, 0.15) is 18.1 Å². The molecule has 1 amide bonds. The van der Waals surface area contributed by atoms with Crippen LogP contribution in [-0.4, -0.2) is 24.5 Å². The van der Waals surface area contributed by atoms with Gasteiger partial charge in [-0.2, -0.15) is 0 Å². The van der Waals surface area contributed by atoms with Gasteiger partial charge in [-0.3, -0.25) is 9.59 Å². The Bertz CT molecular complexity index is 757. The molecule has 3 rings (SSSR count). The van der Waals surface area contributed by atoms with Crippen molar-refractivity contribution in [2.24, 2.45) is 0 Å². The predicted octanol–water partition coefficient (Wildman–Crippen LogP) is 2.89. The van der Waals surface area contributed by atoms with Gasteiger partial charge < -0.3 is 9.64 Å². The van der Waals surface area contributed by atoms with Crippen LogP contribution in [0.15, 0.2) is 48.5 Å². The summed E-state index contributed by atoms with van der Waals surface area (Å²) < 4.78 is 17.9. The van der Waals surface area contributed by atoms with Crippen molar-refractivity contribution in [3.05, 3.63) is 65.5 Å². The summed E-state index contributed by atoms with van der Waals surface area (Å²) in [7, 11) is 0. The first-order valence-corrected chi connectivity index (χ1v) is 7.84. The van der Waals surface area contributed by atoms with Gasteiger partial charge in [0.15, 0.2) is 6.61 Å². The van der Waals surface area contributed by atoms with E-state index in [-0.39, 0.29) is 30.8 Å². The van der Waals surface area contributed by atoms with Crippen LogP contribution >= 0.6 is 0 Å². The molecule has 0 spiro atoms. The highest BCUT2D eigenvalue weighted by molar-refractivity contribution is 5.97. The second-order valence-electron chi connectivity index (χ2n) is 5.91. The van der Waals surface area contributed by atoms with E-state index in [1.54, 1.807) is 4.90 Å². The highest BCUT2D eigenvalue weighted by atomic mass is 19.1. The molecule has 0 fully saturated rings. The molecule has 2 aromatic carbocycles. The molecule has 24 heavy (non-hydrogen) atoms. The maximum Gasteiger partial charge on any atom is 0.310 e. The Morgan fingerprint density at radius 3 is 2.62 bits per heavy atom. The van der Waals surface area contributed by atoms with Crippen LogP contribution in [0.2, 0.25) is 0 Å². The molecule has 0 saturated heterocycles. The second-order valence-corrected chi connectivity index (χ2v) is 5.91. The summed E-state index contributed by atoms with van der Waals surface area (Å²) in [5, 5.41) is 0. The number of rotatable bonds is 4. The van der Waals surface area contributed by atoms with Crippen LogP contribution in [0, 0.1) is 5.82 Å². The lowest BCUT2D eigenvalue weighted by Gasteiger charge is -2.22. The number of carbonyl (C=O) groups excluding carboxylic acids is 2. The molecule has 0 N–H and O–H groups in total. The SMILES string of the molecule is C[C@@H]1Cc2ccccc2N1C(=O)COC(=O)Cc1ccc(F)cc1. The number of halogens is 1. The fraction of sp³-hybridized carbons (Fsp3) is 0.263. The molecule has 1 aliphatic heterocycles. The highest BCUT2D eigenvalue weighted by Gasteiger charge is 2.30. The second kappa shape index (κ2) is 6.83. The number of ether oxygens (including phenoxy) is 1. The van der Waals surface area contributed by atoms with Gasteiger partial charge in [0.2, 0.25) is 0 Å². The fourth-order valence-corrected chi connectivity index (χ4v) is 2.98. The van der Waals surface area contributed by atoms with Crippen LogP contribution < -0.4 is 4.90 Å². The van der Waals surface area contributed by atoms with Gasteiger partial charge in [-0.15, -0.1) is 0 Å². The van der Waals surface area contributed by atoms with E-state index in [4.69, 9.17) is 4.74 Å². The van der Waals surface area contributed by atoms with Crippen molar-refractivity contribution in [3.63, 3.8) is 0 Å². The van der Waals surface area contributed by atoms with Crippen molar-refractivity contribution >= 4 is 17.6 Å². The molecular formula is C19H18FNO3. The molecule has 0 aliphatic carbocycles. The van der Waals surface area contributed by atoms with Crippen molar-refractivity contribution in [1.29, 1.82) is 0 Å². The number of fused-ring (bicyclic) bond motifs is 1. The molecule has 5 heteroatoms. The van der Waals surface area contributed by atoms with Crippen LogP contribution in [0.4, 0.5) is 10.1 Å². The summed E-state index contributed by atoms with van der Waals surface area (Å²) in [4.78, 5) is 26.0. The minimum Gasteiger partial charge on any atom is -0.455 e. The van der Waals surface area contributed by atoms with E-state index in [1.807, 2.05) is 31.2 Å². The van der Waals surface area contributed by atoms with E-state index in [0.717, 1.165) is 17.7 Å². The third kappa shape index (κ3) is 3.45. The van der Waals surface area contributed by atoms with Gasteiger partial charge >= 0.3 is 5.97 Å². The van der Waals surface area contributed by atoms with Gasteiger partial charge in [-0.25, -0.2) is 4.39 Å². The summed E-state index contributed by atoms with van der Waals surface area (Å²) in [6.07, 6.45) is 0.811. The quantitative estimate of drug-likeness (QED) is 0.811. The minimum absolute atomic E-state index is 0.0136. The van der Waals surface area contributed by atoms with E-state index in [0.29, 0.717) is 5.56 Å². The van der Waals surface area contributed by atoms with Crippen molar-refractivity contribution in [2.75, 3.05) is 11.5 Å². The highest BCUT2D eigenvalue weighted by Crippen LogP contribution is 2.31. The van der Waals surface area contributed by atoms with Crippen LogP contribution in [0.3, 0.4) is 0 Å². The number of hydrogen-bond acceptors (Lipinski definition) is 3. The van der Waals surface area contributed by atoms with Crippen LogP contribution in [0.25, 0.3) is 0 Å². The number of carbonyl (C=O) groups is 2. The Balaban J connectivity index is 1.57. The monoisotopic (exact) mass is 327 g/mol. The van der Waals surface area contributed by atoms with E-state index in [1.165, 1.54) is 24.3 Å². The Labute approximate surface area is 139 Å². The number of benzene rings is 2. The third-order valence-electron chi connectivity index (χ3n) is 4.09. The lowest BCUT2D eigenvalue weighted by atomic mass is 10.1. The molecule has 124 valence electrons. The molecule has 0 aromatic heterocycles. The molecular weight excluding hydrogens is 309 g/mol. The van der Waals surface area contributed by atoms with Crippen molar-refractivity contribution in [3.8, 4) is 0 Å². The first-order valence-electron chi connectivity index (χ1n) is 7.84. The largest absolute Gasteiger partial charge is 0.455 e. The van der Waals surface area contributed by atoms with Crippen LogP contribution in [0.5, 0.6) is 0 Å². The first kappa shape index (κ1) is 16.2. The minimum atomic E-state index is -0.505. The van der Waals surface area contributed by atoms with Crippen molar-refractivity contribution < 1.29 is 18.7 Å². The van der Waals surface area contributed by atoms with Crippen LogP contribution in [-0.2, 0) is 27.2 Å². The van der Waals surface area contributed by atoms with Gasteiger partial charge in [-0.1, -0.05) is 30.3 Å². The molecule has 1 atom stereocenters. The van der Waals surface area contributed by atoms with E-state index < -0.39 is 5.97 Å². The third-order valence-corrected chi connectivity index (χ3v) is 4.09. The first-order chi connectivity index (χ1) is 11.5. The predicted molar refractivity (Wildman–Crippen MR) is 88.2 cm³/mol. The molecule has 2 aromatic rings. The average molecular weight is 327 g/mol. The summed E-state index contributed by atoms with van der Waals surface area (Å²) >= 11 is 0. The van der Waals surface area contributed by atoms with Gasteiger partial charge in [0.25, 0.3) is 5.91 Å². The standard InChI is InChI=1S/C19H18FNO3/c1-13-10-15-4-2-3-5-17(15)21(13)18(22)12-24-19(23)11-14-6-8-16(20)9-7-14/h2-9,13H,10-12H2,1H3/t13-/m1/s1. The molecule has 0 saturated carbocycles. The number of anilines is 1. The van der Waals surface area contributed by atoms with E-state index in [2.05, 4.69) is 0 Å². The molecule has 4 nitrogen and oxygen atoms in total. The summed E-state index contributed by atoms with van der Waals surface area (Å²) in [6.45, 7) is 1.68. The zero-order valence-corrected chi connectivity index (χ0v) is 13.4. The normalized spacial score (nSPS) is 15.9. The Hall–Kier alpha value is -2.69. The van der Waals surface area contributed by atoms with Crippen molar-refractivity contribution in [1.82, 2.24) is 0 Å². The van der Waals surface area contributed by atoms with E-state index in [9.17, 15) is 14.0 Å². The number of hydrogen-bond donors (Lipinski definition) is 0. The maximum absolute atomic E-state index is 12.8. The lowest BCUT2D eigenvalue weighted by molar-refractivity contribution is -0.147. The number of esters is 1. The summed E-state index contributed by atoms with van der Waals surface area (Å²) in [5.41, 5.74) is 2.65. The molecule has 0 bridgehead atoms. The van der Waals surface area contributed by atoms with Gasteiger partial charge in [0, 0.05) is 11.7 Å². The average Bonchev–Trinajstić information content (AvgIpc) is 2.90. The smallest absolute Gasteiger partial charge is 0.310 e. The zero-order chi connectivity index (χ0) is 17.1. The molecule has 1 aliphatic rings. The molecule has 0 radical (unpaired) electrons. The number of amides is 1. The lowest BCUT2D eigenvalue weighted by Crippen LogP contribution is -2.38. The molecule has 0 unspecified atom stereocenters. The van der Waals surface area contributed by atoms with Crippen molar-refractivity contribution in [2.45, 2.75) is 25.8 Å². The Morgan fingerprint density at radius 2 is 1.88 bits per heavy atom. The van der Waals surface area contributed by atoms with Gasteiger partial charge in [-0.05, 0) is 42.7 Å². The Kier molecular flexibility index (Phi) is 4.60. The van der Waals surface area contributed by atoms with E-state index >= 15 is 0 Å². The summed E-state index contributed by atoms with van der Waals surface area (Å²) in [5.74, 6) is -1.10. The number of nitrogens with zero attached hydrogens (tertiary/aromatic N) is 1. The fourth-order valence-electron chi connectivity index (χ4n) is 2.98. The molecule has 1 heterocycles. The topological polar surface area (TPSA) is 46.6 Å².